The second-order valence-electron chi connectivity index (χ2n) is 4.51. The third-order valence-electron chi connectivity index (χ3n) is 3.12. The molecule has 1 heterocycles. The summed E-state index contributed by atoms with van der Waals surface area (Å²) in [7, 11) is 0. The number of nitrogens with one attached hydrogen (secondary N) is 1. The summed E-state index contributed by atoms with van der Waals surface area (Å²) in [6.45, 7) is -0.100. The van der Waals surface area contributed by atoms with Gasteiger partial charge in [0.1, 0.15) is 12.6 Å². The van der Waals surface area contributed by atoms with E-state index in [-0.39, 0.29) is 5.91 Å². The second-order valence-corrected chi connectivity index (χ2v) is 5.35. The molecule has 0 spiro atoms. The van der Waals surface area contributed by atoms with E-state index in [1.54, 1.807) is 18.2 Å². The van der Waals surface area contributed by atoms with Crippen LogP contribution in [0.5, 0.6) is 0 Å². The van der Waals surface area contributed by atoms with Crippen LogP contribution in [0.25, 0.3) is 0 Å². The van der Waals surface area contributed by atoms with Gasteiger partial charge in [0.25, 0.3) is 0 Å². The number of halogens is 2. The summed E-state index contributed by atoms with van der Waals surface area (Å²) in [6, 6.07) is 4.28. The van der Waals surface area contributed by atoms with Gasteiger partial charge in [-0.15, -0.1) is 0 Å². The maximum atomic E-state index is 12.4. The summed E-state index contributed by atoms with van der Waals surface area (Å²) in [6.07, 6.45) is 1.29. The van der Waals surface area contributed by atoms with Crippen molar-refractivity contribution in [3.63, 3.8) is 0 Å². The number of hydrogen-bond acceptors (Lipinski definition) is 3. The van der Waals surface area contributed by atoms with E-state index in [4.69, 9.17) is 28.3 Å². The predicted molar refractivity (Wildman–Crippen MR) is 77.1 cm³/mol. The van der Waals surface area contributed by atoms with Crippen molar-refractivity contribution in [2.24, 2.45) is 0 Å². The summed E-state index contributed by atoms with van der Waals surface area (Å²) in [5, 5.41) is 12.1. The van der Waals surface area contributed by atoms with Gasteiger partial charge in [0.2, 0.25) is 11.8 Å². The van der Waals surface area contributed by atoms with E-state index in [2.05, 4.69) is 5.32 Å². The summed E-state index contributed by atoms with van der Waals surface area (Å²) in [4.78, 5) is 25.1. The van der Waals surface area contributed by atoms with Gasteiger partial charge in [0.15, 0.2) is 0 Å². The molecule has 0 aliphatic carbocycles. The molecular formula is C13H14Cl2N2O3. The number of nitrogens with zero attached hydrogens (tertiary/aromatic N) is 1. The predicted octanol–water partition coefficient (Wildman–Crippen LogP) is 1.60. The third-order valence-corrected chi connectivity index (χ3v) is 3.66. The summed E-state index contributed by atoms with van der Waals surface area (Å²) in [5.74, 6) is -0.797. The fraction of sp³-hybridized carbons (Fsp3) is 0.385. The number of aliphatic hydroxyl groups excluding tert-OH is 1. The molecule has 2 N–H and O–H groups in total. The van der Waals surface area contributed by atoms with E-state index >= 15 is 0 Å². The van der Waals surface area contributed by atoms with Crippen LogP contribution in [0.3, 0.4) is 0 Å². The van der Waals surface area contributed by atoms with E-state index in [9.17, 15) is 9.59 Å². The molecule has 5 nitrogen and oxygen atoms in total. The van der Waals surface area contributed by atoms with Gasteiger partial charge in [-0.2, -0.15) is 0 Å². The van der Waals surface area contributed by atoms with Crippen LogP contribution in [0.4, 0.5) is 5.69 Å². The Kier molecular flexibility index (Phi) is 4.86. The Bertz CT molecular complexity index is 536. The Labute approximate surface area is 126 Å². The first-order chi connectivity index (χ1) is 9.52. The molecule has 0 bridgehead atoms. The molecule has 1 aromatic carbocycles. The highest BCUT2D eigenvalue weighted by atomic mass is 35.5. The SMILES string of the molecule is O=C(CO)N[C@H]1CCCN(c2ccc(Cl)cc2Cl)C1=O. The number of carbonyl (C=O) groups is 2. The molecule has 0 radical (unpaired) electrons. The van der Waals surface area contributed by atoms with Crippen molar-refractivity contribution in [1.29, 1.82) is 0 Å². The van der Waals surface area contributed by atoms with E-state index in [0.717, 1.165) is 6.42 Å². The van der Waals surface area contributed by atoms with E-state index < -0.39 is 18.6 Å². The molecule has 0 saturated carbocycles. The van der Waals surface area contributed by atoms with Crippen molar-refractivity contribution in [3.8, 4) is 0 Å². The van der Waals surface area contributed by atoms with E-state index in [0.29, 0.717) is 28.7 Å². The summed E-state index contributed by atoms with van der Waals surface area (Å²) in [5.41, 5.74) is 0.573. The molecule has 7 heteroatoms. The minimum Gasteiger partial charge on any atom is -0.387 e. The van der Waals surface area contributed by atoms with Crippen molar-refractivity contribution in [3.05, 3.63) is 28.2 Å². The molecule has 0 unspecified atom stereocenters. The average molecular weight is 317 g/mol. The number of anilines is 1. The second kappa shape index (κ2) is 6.43. The first-order valence-electron chi connectivity index (χ1n) is 6.19. The Hall–Kier alpha value is -1.30. The molecule has 2 amide bonds. The number of amides is 2. The lowest BCUT2D eigenvalue weighted by molar-refractivity contribution is -0.130. The third kappa shape index (κ3) is 3.23. The van der Waals surface area contributed by atoms with Crippen LogP contribution < -0.4 is 10.2 Å². The topological polar surface area (TPSA) is 69.6 Å². The summed E-state index contributed by atoms with van der Waals surface area (Å²) < 4.78 is 0. The highest BCUT2D eigenvalue weighted by Crippen LogP contribution is 2.31. The Morgan fingerprint density at radius 3 is 2.85 bits per heavy atom. The van der Waals surface area contributed by atoms with Crippen molar-refractivity contribution in [2.45, 2.75) is 18.9 Å². The van der Waals surface area contributed by atoms with Crippen LogP contribution in [-0.4, -0.2) is 36.1 Å². The molecule has 1 atom stereocenters. The molecule has 108 valence electrons. The van der Waals surface area contributed by atoms with Crippen LogP contribution in [-0.2, 0) is 9.59 Å². The van der Waals surface area contributed by atoms with Crippen LogP contribution in [0.2, 0.25) is 10.0 Å². The first kappa shape index (κ1) is 15.1. The number of benzene rings is 1. The van der Waals surface area contributed by atoms with Crippen molar-refractivity contribution < 1.29 is 14.7 Å². The maximum absolute atomic E-state index is 12.4. The number of rotatable bonds is 3. The molecule has 0 aromatic heterocycles. The lowest BCUT2D eigenvalue weighted by atomic mass is 10.0. The Balaban J connectivity index is 2.19. The summed E-state index contributed by atoms with van der Waals surface area (Å²) >= 11 is 11.9. The van der Waals surface area contributed by atoms with Gasteiger partial charge in [-0.25, -0.2) is 0 Å². The van der Waals surface area contributed by atoms with Gasteiger partial charge in [-0.3, -0.25) is 9.59 Å². The van der Waals surface area contributed by atoms with Gasteiger partial charge in [-0.05, 0) is 31.0 Å². The highest BCUT2D eigenvalue weighted by molar-refractivity contribution is 6.36. The number of piperidine rings is 1. The number of aliphatic hydroxyl groups is 1. The fourth-order valence-electron chi connectivity index (χ4n) is 2.19. The van der Waals surface area contributed by atoms with Crippen molar-refractivity contribution in [1.82, 2.24) is 5.32 Å². The van der Waals surface area contributed by atoms with Gasteiger partial charge in [0.05, 0.1) is 10.7 Å². The van der Waals surface area contributed by atoms with E-state index in [1.165, 1.54) is 4.90 Å². The molecule has 2 rings (SSSR count). The van der Waals surface area contributed by atoms with E-state index in [1.807, 2.05) is 0 Å². The molecule has 1 saturated heterocycles. The van der Waals surface area contributed by atoms with Gasteiger partial charge >= 0.3 is 0 Å². The highest BCUT2D eigenvalue weighted by Gasteiger charge is 2.31. The first-order valence-corrected chi connectivity index (χ1v) is 6.95. The smallest absolute Gasteiger partial charge is 0.249 e. The van der Waals surface area contributed by atoms with Crippen LogP contribution in [0.15, 0.2) is 18.2 Å². The van der Waals surface area contributed by atoms with Crippen LogP contribution >= 0.6 is 23.2 Å². The average Bonchev–Trinajstić information content (AvgIpc) is 2.42. The minimum absolute atomic E-state index is 0.234. The quantitative estimate of drug-likeness (QED) is 0.890. The Morgan fingerprint density at radius 2 is 2.20 bits per heavy atom. The molecule has 1 fully saturated rings. The fourth-order valence-corrected chi connectivity index (χ4v) is 2.70. The monoisotopic (exact) mass is 316 g/mol. The molecule has 1 aromatic rings. The van der Waals surface area contributed by atoms with Crippen molar-refractivity contribution >= 4 is 40.7 Å². The van der Waals surface area contributed by atoms with Gasteiger partial charge < -0.3 is 15.3 Å². The lowest BCUT2D eigenvalue weighted by Gasteiger charge is -2.33. The maximum Gasteiger partial charge on any atom is 0.249 e. The number of hydrogen-bond donors (Lipinski definition) is 2. The molecule has 1 aliphatic heterocycles. The van der Waals surface area contributed by atoms with Gasteiger partial charge in [-0.1, -0.05) is 23.2 Å². The van der Waals surface area contributed by atoms with Gasteiger partial charge in [0, 0.05) is 11.6 Å². The zero-order chi connectivity index (χ0) is 14.7. The molecule has 1 aliphatic rings. The molecule has 20 heavy (non-hydrogen) atoms. The lowest BCUT2D eigenvalue weighted by Crippen LogP contribution is -2.53. The van der Waals surface area contributed by atoms with Crippen molar-refractivity contribution in [2.75, 3.05) is 18.1 Å². The van der Waals surface area contributed by atoms with Crippen LogP contribution in [0.1, 0.15) is 12.8 Å². The normalized spacial score (nSPS) is 19.1. The number of carbonyl (C=O) groups excluding carboxylic acids is 2. The zero-order valence-electron chi connectivity index (χ0n) is 10.6. The largest absolute Gasteiger partial charge is 0.387 e. The minimum atomic E-state index is -0.633. The Morgan fingerprint density at radius 1 is 1.45 bits per heavy atom. The molecular weight excluding hydrogens is 303 g/mol. The zero-order valence-corrected chi connectivity index (χ0v) is 12.1. The standard InChI is InChI=1S/C13H14Cl2N2O3/c14-8-3-4-11(9(15)6-8)17-5-1-2-10(13(17)20)16-12(19)7-18/h3-4,6,10,18H,1-2,5,7H2,(H,16,19)/t10-/m0/s1. The van der Waals surface area contributed by atoms with Crippen LogP contribution in [0, 0.1) is 0 Å².